The summed E-state index contributed by atoms with van der Waals surface area (Å²) in [6.07, 6.45) is 3.47. The van der Waals surface area contributed by atoms with Crippen molar-refractivity contribution in [3.8, 4) is 0 Å². The number of nitrogens with zero attached hydrogens (tertiary/aromatic N) is 4. The summed E-state index contributed by atoms with van der Waals surface area (Å²) in [6.45, 7) is 7.90. The molecule has 0 bridgehead atoms. The third kappa shape index (κ3) is 2.70. The average molecular weight is 338 g/mol. The maximum atomic E-state index is 12.7. The molecule has 0 saturated carbocycles. The molecule has 7 nitrogen and oxygen atoms in total. The molecule has 4 rings (SSSR count). The lowest BCUT2D eigenvalue weighted by atomic mass is 10.2. The summed E-state index contributed by atoms with van der Waals surface area (Å²) in [4.78, 5) is 17.2. The number of nitrogens with one attached hydrogen (secondary N) is 2. The first-order valence-corrected chi connectivity index (χ1v) is 8.62. The first-order valence-electron chi connectivity index (χ1n) is 8.62. The second kappa shape index (κ2) is 6.00. The molecule has 0 saturated heterocycles. The van der Waals surface area contributed by atoms with Crippen LogP contribution in [0.1, 0.15) is 49.0 Å². The van der Waals surface area contributed by atoms with E-state index < -0.39 is 0 Å². The largest absolute Gasteiger partial charge is 0.338 e. The fourth-order valence-corrected chi connectivity index (χ4v) is 3.39. The first-order chi connectivity index (χ1) is 12.0. The van der Waals surface area contributed by atoms with E-state index in [0.717, 1.165) is 29.8 Å². The van der Waals surface area contributed by atoms with Gasteiger partial charge in [0.15, 0.2) is 5.65 Å². The number of rotatable bonds is 3. The highest BCUT2D eigenvalue weighted by molar-refractivity contribution is 6.04. The van der Waals surface area contributed by atoms with Gasteiger partial charge < -0.3 is 15.2 Å². The first kappa shape index (κ1) is 15.8. The number of fused-ring (bicyclic) bond motifs is 2. The fourth-order valence-electron chi connectivity index (χ4n) is 3.39. The molecule has 1 amide bonds. The van der Waals surface area contributed by atoms with Crippen LogP contribution in [0.4, 0.5) is 5.69 Å². The lowest BCUT2D eigenvalue weighted by Crippen LogP contribution is -2.33. The van der Waals surface area contributed by atoms with Crippen molar-refractivity contribution < 1.29 is 4.79 Å². The van der Waals surface area contributed by atoms with E-state index in [2.05, 4.69) is 46.1 Å². The van der Waals surface area contributed by atoms with Gasteiger partial charge in [0.25, 0.3) is 5.91 Å². The Morgan fingerprint density at radius 1 is 1.36 bits per heavy atom. The van der Waals surface area contributed by atoms with Crippen molar-refractivity contribution in [2.75, 3.05) is 11.9 Å². The van der Waals surface area contributed by atoms with Crippen LogP contribution < -0.4 is 10.6 Å². The molecule has 2 N–H and O–H groups in total. The van der Waals surface area contributed by atoms with Gasteiger partial charge in [-0.3, -0.25) is 4.79 Å². The second-order valence-electron chi connectivity index (χ2n) is 6.74. The summed E-state index contributed by atoms with van der Waals surface area (Å²) in [5, 5.41) is 11.6. The lowest BCUT2D eigenvalue weighted by molar-refractivity contribution is 0.101. The molecule has 0 aliphatic carbocycles. The molecule has 130 valence electrons. The standard InChI is InChI=1S/C18H22N6O/c1-11(2)24-17-13(9-21-24)8-14(10-20-17)22-18(25)16-5-4-15-12(3)19-6-7-23(15)16/h4-5,8-12,19H,6-7H2,1-3H3,(H,22,25). The Hall–Kier alpha value is -2.67. The summed E-state index contributed by atoms with van der Waals surface area (Å²) in [5.41, 5.74) is 3.33. The van der Waals surface area contributed by atoms with Crippen molar-refractivity contribution >= 4 is 22.6 Å². The zero-order valence-electron chi connectivity index (χ0n) is 14.7. The third-order valence-corrected chi connectivity index (χ3v) is 4.66. The number of hydrogen-bond acceptors (Lipinski definition) is 4. The zero-order chi connectivity index (χ0) is 17.6. The Labute approximate surface area is 146 Å². The number of anilines is 1. The summed E-state index contributed by atoms with van der Waals surface area (Å²) >= 11 is 0. The van der Waals surface area contributed by atoms with Gasteiger partial charge in [-0.2, -0.15) is 5.10 Å². The predicted octanol–water partition coefficient (Wildman–Crippen LogP) is 2.73. The van der Waals surface area contributed by atoms with Gasteiger partial charge in [0, 0.05) is 36.3 Å². The lowest BCUT2D eigenvalue weighted by Gasteiger charge is -2.24. The molecule has 0 radical (unpaired) electrons. The number of pyridine rings is 1. The number of carbonyl (C=O) groups excluding carboxylic acids is 1. The molecule has 3 aromatic rings. The minimum absolute atomic E-state index is 0.113. The molecule has 1 unspecified atom stereocenters. The average Bonchev–Trinajstić information content (AvgIpc) is 3.19. The van der Waals surface area contributed by atoms with Gasteiger partial charge in [-0.25, -0.2) is 9.67 Å². The molecule has 0 aromatic carbocycles. The van der Waals surface area contributed by atoms with Crippen molar-refractivity contribution in [1.82, 2.24) is 24.6 Å². The molecule has 1 aliphatic rings. The van der Waals surface area contributed by atoms with E-state index in [1.54, 1.807) is 12.4 Å². The van der Waals surface area contributed by atoms with Crippen molar-refractivity contribution in [3.63, 3.8) is 0 Å². The molecular weight excluding hydrogens is 316 g/mol. The molecule has 0 spiro atoms. The van der Waals surface area contributed by atoms with Crippen LogP contribution in [0.2, 0.25) is 0 Å². The van der Waals surface area contributed by atoms with Crippen LogP contribution >= 0.6 is 0 Å². The van der Waals surface area contributed by atoms with Gasteiger partial charge >= 0.3 is 0 Å². The minimum Gasteiger partial charge on any atom is -0.338 e. The zero-order valence-corrected chi connectivity index (χ0v) is 14.7. The van der Waals surface area contributed by atoms with E-state index in [1.807, 2.05) is 22.9 Å². The molecule has 1 aliphatic heterocycles. The Morgan fingerprint density at radius 3 is 3.00 bits per heavy atom. The van der Waals surface area contributed by atoms with E-state index in [1.165, 1.54) is 0 Å². The van der Waals surface area contributed by atoms with Crippen molar-refractivity contribution in [2.45, 2.75) is 39.4 Å². The van der Waals surface area contributed by atoms with Crippen molar-refractivity contribution in [1.29, 1.82) is 0 Å². The SMILES string of the molecule is CC1NCCn2c(C(=O)Nc3cnc4c(cnn4C(C)C)c3)ccc21. The van der Waals surface area contributed by atoms with Crippen LogP contribution in [-0.2, 0) is 6.54 Å². The van der Waals surface area contributed by atoms with E-state index in [9.17, 15) is 4.79 Å². The Morgan fingerprint density at radius 2 is 2.20 bits per heavy atom. The number of aromatic nitrogens is 4. The molecular formula is C18H22N6O. The highest BCUT2D eigenvalue weighted by atomic mass is 16.2. The topological polar surface area (TPSA) is 76.8 Å². The molecule has 0 fully saturated rings. The van der Waals surface area contributed by atoms with Gasteiger partial charge in [-0.1, -0.05) is 0 Å². The van der Waals surface area contributed by atoms with Gasteiger partial charge in [-0.05, 0) is 39.0 Å². The van der Waals surface area contributed by atoms with Crippen molar-refractivity contribution in [2.24, 2.45) is 0 Å². The van der Waals surface area contributed by atoms with E-state index in [-0.39, 0.29) is 18.0 Å². The van der Waals surface area contributed by atoms with E-state index in [0.29, 0.717) is 11.4 Å². The number of amides is 1. The third-order valence-electron chi connectivity index (χ3n) is 4.66. The smallest absolute Gasteiger partial charge is 0.272 e. The summed E-state index contributed by atoms with van der Waals surface area (Å²) in [6, 6.07) is 6.32. The minimum atomic E-state index is -0.113. The highest BCUT2D eigenvalue weighted by Crippen LogP contribution is 2.22. The highest BCUT2D eigenvalue weighted by Gasteiger charge is 2.21. The van der Waals surface area contributed by atoms with Gasteiger partial charge in [0.05, 0.1) is 18.1 Å². The normalized spacial score (nSPS) is 17.0. The van der Waals surface area contributed by atoms with Crippen LogP contribution in [0.5, 0.6) is 0 Å². The number of hydrogen-bond donors (Lipinski definition) is 2. The van der Waals surface area contributed by atoms with E-state index in [4.69, 9.17) is 0 Å². The maximum Gasteiger partial charge on any atom is 0.272 e. The van der Waals surface area contributed by atoms with Crippen LogP contribution in [0.15, 0.2) is 30.6 Å². The maximum absolute atomic E-state index is 12.7. The van der Waals surface area contributed by atoms with E-state index >= 15 is 0 Å². The Kier molecular flexibility index (Phi) is 3.80. The summed E-state index contributed by atoms with van der Waals surface area (Å²) in [7, 11) is 0. The number of carbonyl (C=O) groups is 1. The Bertz CT molecular complexity index is 938. The monoisotopic (exact) mass is 338 g/mol. The summed E-state index contributed by atoms with van der Waals surface area (Å²) in [5.74, 6) is -0.113. The quantitative estimate of drug-likeness (QED) is 0.770. The van der Waals surface area contributed by atoms with Crippen LogP contribution in [0.3, 0.4) is 0 Å². The molecule has 7 heteroatoms. The molecule has 25 heavy (non-hydrogen) atoms. The van der Waals surface area contributed by atoms with Crippen LogP contribution in [-0.4, -0.2) is 31.8 Å². The van der Waals surface area contributed by atoms with Gasteiger partial charge in [-0.15, -0.1) is 0 Å². The van der Waals surface area contributed by atoms with Gasteiger partial charge in [0.2, 0.25) is 0 Å². The van der Waals surface area contributed by atoms with Crippen molar-refractivity contribution in [3.05, 3.63) is 42.0 Å². The Balaban J connectivity index is 1.60. The molecule has 4 heterocycles. The molecule has 1 atom stereocenters. The molecule has 3 aromatic heterocycles. The van der Waals surface area contributed by atoms with Gasteiger partial charge in [0.1, 0.15) is 5.69 Å². The summed E-state index contributed by atoms with van der Waals surface area (Å²) < 4.78 is 3.96. The van der Waals surface area contributed by atoms with Crippen LogP contribution in [0, 0.1) is 0 Å². The van der Waals surface area contributed by atoms with Crippen LogP contribution in [0.25, 0.3) is 11.0 Å². The predicted molar refractivity (Wildman–Crippen MR) is 96.7 cm³/mol. The second-order valence-corrected chi connectivity index (χ2v) is 6.74. The fraction of sp³-hybridized carbons (Fsp3) is 0.389.